The van der Waals surface area contributed by atoms with Crippen molar-refractivity contribution in [1.82, 2.24) is 5.32 Å². The predicted molar refractivity (Wildman–Crippen MR) is 85.5 cm³/mol. The molecule has 0 fully saturated rings. The van der Waals surface area contributed by atoms with Gasteiger partial charge in [-0.1, -0.05) is 35.3 Å². The Morgan fingerprint density at radius 1 is 1.26 bits per heavy atom. The van der Waals surface area contributed by atoms with Crippen LogP contribution in [0.3, 0.4) is 0 Å². The summed E-state index contributed by atoms with van der Waals surface area (Å²) < 4.78 is 0. The average molecular weight is 314 g/mol. The van der Waals surface area contributed by atoms with Gasteiger partial charge in [-0.05, 0) is 44.0 Å². The summed E-state index contributed by atoms with van der Waals surface area (Å²) in [4.78, 5) is 2.72. The molecule has 0 saturated heterocycles. The lowest BCUT2D eigenvalue weighted by atomic mass is 10.1. The molecular formula is C15H17Cl2NS. The van der Waals surface area contributed by atoms with Crippen LogP contribution < -0.4 is 5.32 Å². The van der Waals surface area contributed by atoms with Gasteiger partial charge in [0.25, 0.3) is 0 Å². The maximum Gasteiger partial charge on any atom is 0.0637 e. The maximum absolute atomic E-state index is 6.19. The van der Waals surface area contributed by atoms with Crippen LogP contribution in [0, 0.1) is 13.8 Å². The van der Waals surface area contributed by atoms with Crippen molar-refractivity contribution in [2.45, 2.75) is 33.4 Å². The summed E-state index contributed by atoms with van der Waals surface area (Å²) in [6.45, 7) is 7.20. The minimum absolute atomic E-state index is 0.306. The zero-order valence-corrected chi connectivity index (χ0v) is 13.6. The van der Waals surface area contributed by atoms with Crippen LogP contribution in [0.2, 0.25) is 10.0 Å². The lowest BCUT2D eigenvalue weighted by molar-refractivity contribution is 0.574. The Labute approximate surface area is 128 Å². The molecule has 0 saturated carbocycles. The first-order chi connectivity index (χ1) is 8.99. The highest BCUT2D eigenvalue weighted by molar-refractivity contribution is 7.12. The third-order valence-electron chi connectivity index (χ3n) is 3.18. The van der Waals surface area contributed by atoms with E-state index in [1.54, 1.807) is 0 Å². The third-order valence-corrected chi connectivity index (χ3v) is 5.02. The van der Waals surface area contributed by atoms with Crippen LogP contribution in [0.25, 0.3) is 0 Å². The topological polar surface area (TPSA) is 12.0 Å². The van der Waals surface area contributed by atoms with E-state index in [0.717, 1.165) is 12.1 Å². The molecule has 1 nitrogen and oxygen atoms in total. The third kappa shape index (κ3) is 3.51. The molecule has 2 aromatic rings. The van der Waals surface area contributed by atoms with Crippen molar-refractivity contribution in [2.75, 3.05) is 0 Å². The molecule has 0 amide bonds. The van der Waals surface area contributed by atoms with Crippen LogP contribution in [0.15, 0.2) is 24.3 Å². The lowest BCUT2D eigenvalue weighted by Gasteiger charge is -2.15. The Hall–Kier alpha value is -0.540. The summed E-state index contributed by atoms with van der Waals surface area (Å²) in [5.74, 6) is 0. The van der Waals surface area contributed by atoms with Crippen molar-refractivity contribution in [2.24, 2.45) is 0 Å². The van der Waals surface area contributed by atoms with E-state index < -0.39 is 0 Å². The number of aryl methyl sites for hydroxylation is 2. The summed E-state index contributed by atoms with van der Waals surface area (Å²) in [6, 6.07) is 8.29. The second kappa shape index (κ2) is 6.27. The maximum atomic E-state index is 6.19. The van der Waals surface area contributed by atoms with Crippen LogP contribution in [0.5, 0.6) is 0 Å². The Kier molecular flexibility index (Phi) is 4.91. The second-order valence-electron chi connectivity index (χ2n) is 4.68. The van der Waals surface area contributed by atoms with Gasteiger partial charge in [0.1, 0.15) is 0 Å². The molecule has 1 N–H and O–H groups in total. The molecule has 1 unspecified atom stereocenters. The van der Waals surface area contributed by atoms with Crippen molar-refractivity contribution in [1.29, 1.82) is 0 Å². The molecule has 1 heterocycles. The average Bonchev–Trinajstić information content (AvgIpc) is 2.70. The highest BCUT2D eigenvalue weighted by Crippen LogP contribution is 2.28. The summed E-state index contributed by atoms with van der Waals surface area (Å²) in [7, 11) is 0. The van der Waals surface area contributed by atoms with E-state index in [2.05, 4.69) is 32.2 Å². The monoisotopic (exact) mass is 313 g/mol. The SMILES string of the molecule is Cc1cc(C(C)NCc2cccc(Cl)c2Cl)c(C)s1. The predicted octanol–water partition coefficient (Wildman–Crippen LogP) is 5.52. The highest BCUT2D eigenvalue weighted by atomic mass is 35.5. The van der Waals surface area contributed by atoms with Crippen LogP contribution in [0.4, 0.5) is 0 Å². The standard InChI is InChI=1S/C15H17Cl2NS/c1-9-7-13(11(3)19-9)10(2)18-8-12-5-4-6-14(16)15(12)17/h4-7,10,18H,8H2,1-3H3. The van der Waals surface area contributed by atoms with Crippen molar-refractivity contribution >= 4 is 34.5 Å². The summed E-state index contributed by atoms with van der Waals surface area (Å²) >= 11 is 14.0. The first kappa shape index (κ1) is 14.9. The smallest absolute Gasteiger partial charge is 0.0637 e. The fourth-order valence-corrected chi connectivity index (χ4v) is 3.55. The Morgan fingerprint density at radius 3 is 2.63 bits per heavy atom. The number of benzene rings is 1. The summed E-state index contributed by atoms with van der Waals surface area (Å²) in [6.07, 6.45) is 0. The molecular weight excluding hydrogens is 297 g/mol. The number of rotatable bonds is 4. The van der Waals surface area contributed by atoms with E-state index in [4.69, 9.17) is 23.2 Å². The lowest BCUT2D eigenvalue weighted by Crippen LogP contribution is -2.18. The fraction of sp³-hybridized carbons (Fsp3) is 0.333. The Balaban J connectivity index is 2.06. The molecule has 102 valence electrons. The van der Waals surface area contributed by atoms with Crippen LogP contribution in [0.1, 0.15) is 33.8 Å². The van der Waals surface area contributed by atoms with Gasteiger partial charge in [0.15, 0.2) is 0 Å². The van der Waals surface area contributed by atoms with Crippen LogP contribution in [-0.4, -0.2) is 0 Å². The number of thiophene rings is 1. The molecule has 0 aliphatic carbocycles. The number of hydrogen-bond acceptors (Lipinski definition) is 2. The van der Waals surface area contributed by atoms with E-state index in [0.29, 0.717) is 16.1 Å². The summed E-state index contributed by atoms with van der Waals surface area (Å²) in [5.41, 5.74) is 2.39. The van der Waals surface area contributed by atoms with Gasteiger partial charge in [-0.3, -0.25) is 0 Å². The zero-order valence-electron chi connectivity index (χ0n) is 11.3. The van der Waals surface area contributed by atoms with Crippen molar-refractivity contribution in [3.63, 3.8) is 0 Å². The minimum Gasteiger partial charge on any atom is -0.306 e. The highest BCUT2D eigenvalue weighted by Gasteiger charge is 2.12. The van der Waals surface area contributed by atoms with Crippen molar-refractivity contribution in [3.05, 3.63) is 55.2 Å². The van der Waals surface area contributed by atoms with Crippen LogP contribution in [-0.2, 0) is 6.54 Å². The molecule has 0 aliphatic rings. The molecule has 1 aromatic heterocycles. The molecule has 0 spiro atoms. The largest absolute Gasteiger partial charge is 0.306 e. The fourth-order valence-electron chi connectivity index (χ4n) is 2.14. The van der Waals surface area contributed by atoms with Crippen LogP contribution >= 0.6 is 34.5 Å². The van der Waals surface area contributed by atoms with E-state index >= 15 is 0 Å². The van der Waals surface area contributed by atoms with Crippen molar-refractivity contribution < 1.29 is 0 Å². The van der Waals surface area contributed by atoms with Crippen molar-refractivity contribution in [3.8, 4) is 0 Å². The van der Waals surface area contributed by atoms with E-state index in [9.17, 15) is 0 Å². The van der Waals surface area contributed by atoms with E-state index in [1.807, 2.05) is 29.5 Å². The first-order valence-corrected chi connectivity index (χ1v) is 7.79. The number of halogens is 2. The second-order valence-corrected chi connectivity index (χ2v) is 6.93. The quantitative estimate of drug-likeness (QED) is 0.783. The van der Waals surface area contributed by atoms with Gasteiger partial charge in [0.05, 0.1) is 10.0 Å². The summed E-state index contributed by atoms with van der Waals surface area (Å²) in [5, 5.41) is 4.75. The Bertz CT molecular complexity index is 578. The van der Waals surface area contributed by atoms with Gasteiger partial charge >= 0.3 is 0 Å². The Morgan fingerprint density at radius 2 is 2.00 bits per heavy atom. The van der Waals surface area contributed by atoms with Gasteiger partial charge < -0.3 is 5.32 Å². The molecule has 1 atom stereocenters. The van der Waals surface area contributed by atoms with Gasteiger partial charge in [0.2, 0.25) is 0 Å². The molecule has 0 bridgehead atoms. The first-order valence-electron chi connectivity index (χ1n) is 6.22. The van der Waals surface area contributed by atoms with E-state index in [-0.39, 0.29) is 0 Å². The van der Waals surface area contributed by atoms with Gasteiger partial charge in [-0.15, -0.1) is 11.3 Å². The van der Waals surface area contributed by atoms with E-state index in [1.165, 1.54) is 15.3 Å². The molecule has 19 heavy (non-hydrogen) atoms. The molecule has 0 radical (unpaired) electrons. The zero-order chi connectivity index (χ0) is 14.0. The molecule has 4 heteroatoms. The van der Waals surface area contributed by atoms with Gasteiger partial charge in [-0.25, -0.2) is 0 Å². The molecule has 2 rings (SSSR count). The normalized spacial score (nSPS) is 12.7. The van der Waals surface area contributed by atoms with Gasteiger partial charge in [0, 0.05) is 22.3 Å². The number of hydrogen-bond donors (Lipinski definition) is 1. The molecule has 0 aliphatic heterocycles. The number of nitrogens with one attached hydrogen (secondary N) is 1. The minimum atomic E-state index is 0.306. The molecule has 1 aromatic carbocycles. The van der Waals surface area contributed by atoms with Gasteiger partial charge in [-0.2, -0.15) is 0 Å².